The van der Waals surface area contributed by atoms with E-state index in [4.69, 9.17) is 4.74 Å². The number of rotatable bonds is 9. The van der Waals surface area contributed by atoms with Crippen LogP contribution in [0.2, 0.25) is 0 Å². The molecule has 7 aliphatic carbocycles. The van der Waals surface area contributed by atoms with E-state index in [1.54, 1.807) is 0 Å². The van der Waals surface area contributed by atoms with E-state index in [0.29, 0.717) is 61.1 Å². The number of carboxylic acids is 1. The number of carbonyl (C=O) groups is 2. The molecular weight excluding hydrogens is 725 g/mol. The molecule has 9 nitrogen and oxygen atoms in total. The highest BCUT2D eigenvalue weighted by Gasteiger charge is 2.72. The van der Waals surface area contributed by atoms with Gasteiger partial charge in [-0.15, -0.1) is 0 Å². The number of aliphatic hydroxyl groups is 1. The second-order valence-electron chi connectivity index (χ2n) is 23.3. The van der Waals surface area contributed by atoms with Gasteiger partial charge >= 0.3 is 11.9 Å². The van der Waals surface area contributed by atoms with Crippen molar-refractivity contribution in [3.05, 3.63) is 0 Å². The Morgan fingerprint density at radius 2 is 1.45 bits per heavy atom. The van der Waals surface area contributed by atoms with Gasteiger partial charge in [0.15, 0.2) is 9.84 Å². The minimum absolute atomic E-state index is 0.0587. The molecule has 0 aromatic rings. The van der Waals surface area contributed by atoms with E-state index in [9.17, 15) is 28.2 Å². The first-order valence-corrected chi connectivity index (χ1v) is 24.6. The Labute approximate surface area is 338 Å². The molecule has 8 aliphatic rings. The lowest BCUT2D eigenvalue weighted by Crippen LogP contribution is -2.69. The topological polar surface area (TPSA) is 133 Å². The predicted octanol–water partition coefficient (Wildman–Crippen LogP) is 7.35. The van der Waals surface area contributed by atoms with Crippen molar-refractivity contribution < 1.29 is 33.0 Å². The van der Waals surface area contributed by atoms with Gasteiger partial charge in [-0.1, -0.05) is 55.4 Å². The normalized spacial score (nSPS) is 48.1. The quantitative estimate of drug-likeness (QED) is 0.205. The van der Waals surface area contributed by atoms with E-state index >= 15 is 0 Å². The lowest BCUT2D eigenvalue weighted by atomic mass is 9.32. The zero-order chi connectivity index (χ0) is 40.6. The highest BCUT2D eigenvalue weighted by Crippen LogP contribution is 2.78. The summed E-state index contributed by atoms with van der Waals surface area (Å²) in [5.74, 6) is 1.54. The number of aliphatic carboxylic acids is 1. The van der Waals surface area contributed by atoms with E-state index in [2.05, 4.69) is 51.8 Å². The molecule has 0 aromatic carbocycles. The van der Waals surface area contributed by atoms with Gasteiger partial charge in [0.2, 0.25) is 0 Å². The summed E-state index contributed by atoms with van der Waals surface area (Å²) >= 11 is 0. The van der Waals surface area contributed by atoms with Gasteiger partial charge in [0, 0.05) is 36.6 Å². The Hall–Kier alpha value is -1.23. The van der Waals surface area contributed by atoms with Crippen LogP contribution in [0, 0.1) is 73.9 Å². The Morgan fingerprint density at radius 1 is 0.768 bits per heavy atom. The largest absolute Gasteiger partial charge is 0.481 e. The number of fused-ring (bicyclic) bond motifs is 7. The SMILES string of the molecule is C[C@H](O)[C@H](CNC12CC[C@@H](C3(C)CC3)[C@@H]1[C@H]1CC[C@H]3C(C)(CC[C@H]4C(C)(C)C(OC(=O)[C@H]5C[C@@H](C(=O)O)C5(C)C)CC[C@@]43C)[C@]1(C)CC2)N1CCS(=O)(=O)CC1. The number of ether oxygens (including phenoxy) is 1. The molecule has 10 heteroatoms. The smallest absolute Gasteiger partial charge is 0.309 e. The monoisotopic (exact) mass is 801 g/mol. The average Bonchev–Trinajstić information content (AvgIpc) is 3.72. The van der Waals surface area contributed by atoms with Gasteiger partial charge in [0.05, 0.1) is 29.4 Å². The van der Waals surface area contributed by atoms with Crippen LogP contribution >= 0.6 is 0 Å². The van der Waals surface area contributed by atoms with Crippen molar-refractivity contribution in [2.45, 2.75) is 170 Å². The van der Waals surface area contributed by atoms with Gasteiger partial charge in [0.1, 0.15) is 6.10 Å². The van der Waals surface area contributed by atoms with Crippen LogP contribution in [0.1, 0.15) is 146 Å². The lowest BCUT2D eigenvalue weighted by molar-refractivity contribution is -0.250. The molecule has 1 aliphatic heterocycles. The highest BCUT2D eigenvalue weighted by atomic mass is 32.2. The van der Waals surface area contributed by atoms with Crippen LogP contribution in [0.25, 0.3) is 0 Å². The summed E-state index contributed by atoms with van der Waals surface area (Å²) in [5, 5.41) is 25.0. The van der Waals surface area contributed by atoms with E-state index in [0.717, 1.165) is 19.3 Å². The second-order valence-corrected chi connectivity index (χ2v) is 25.6. The fourth-order valence-corrected chi connectivity index (χ4v) is 17.6. The van der Waals surface area contributed by atoms with Crippen molar-refractivity contribution in [1.29, 1.82) is 0 Å². The van der Waals surface area contributed by atoms with Crippen molar-refractivity contribution in [1.82, 2.24) is 10.2 Å². The summed E-state index contributed by atoms with van der Waals surface area (Å²) in [6.07, 6.45) is 14.1. The Balaban J connectivity index is 1.02. The van der Waals surface area contributed by atoms with E-state index in [1.807, 2.05) is 20.8 Å². The van der Waals surface area contributed by atoms with Gasteiger partial charge in [-0.05, 0) is 147 Å². The number of hydrogen-bond donors (Lipinski definition) is 3. The zero-order valence-electron chi connectivity index (χ0n) is 36.3. The fraction of sp³-hybridized carbons (Fsp3) is 0.957. The number of esters is 1. The molecule has 14 atom stereocenters. The molecule has 8 rings (SSSR count). The minimum Gasteiger partial charge on any atom is -0.481 e. The van der Waals surface area contributed by atoms with Crippen molar-refractivity contribution in [2.24, 2.45) is 73.9 Å². The molecule has 56 heavy (non-hydrogen) atoms. The molecule has 0 bridgehead atoms. The summed E-state index contributed by atoms with van der Waals surface area (Å²) in [5.41, 5.74) is 0.343. The number of carboxylic acid groups (broad SMARTS) is 1. The molecule has 0 spiro atoms. The average molecular weight is 801 g/mol. The first-order chi connectivity index (χ1) is 26.0. The van der Waals surface area contributed by atoms with Crippen LogP contribution in [0.15, 0.2) is 0 Å². The molecule has 0 aromatic heterocycles. The first-order valence-electron chi connectivity index (χ1n) is 22.8. The van der Waals surface area contributed by atoms with E-state index in [1.165, 1.54) is 57.8 Å². The maximum atomic E-state index is 13.7. The highest BCUT2D eigenvalue weighted by molar-refractivity contribution is 7.91. The number of nitrogens with zero attached hydrogens (tertiary/aromatic N) is 1. The van der Waals surface area contributed by atoms with Gasteiger partial charge in [0.25, 0.3) is 0 Å². The molecule has 7 saturated carbocycles. The molecule has 0 amide bonds. The summed E-state index contributed by atoms with van der Waals surface area (Å²) in [6, 6.07) is -0.0903. The lowest BCUT2D eigenvalue weighted by Gasteiger charge is -2.73. The Kier molecular flexibility index (Phi) is 9.92. The predicted molar refractivity (Wildman–Crippen MR) is 218 cm³/mol. The molecule has 1 saturated heterocycles. The number of aliphatic hydroxyl groups excluding tert-OH is 1. The molecule has 8 fully saturated rings. The van der Waals surface area contributed by atoms with E-state index < -0.39 is 33.2 Å². The Morgan fingerprint density at radius 3 is 2.05 bits per heavy atom. The van der Waals surface area contributed by atoms with Crippen molar-refractivity contribution >= 4 is 21.8 Å². The number of carbonyl (C=O) groups excluding carboxylic acids is 1. The summed E-state index contributed by atoms with van der Waals surface area (Å²) in [7, 11) is -2.99. The summed E-state index contributed by atoms with van der Waals surface area (Å²) in [4.78, 5) is 27.7. The van der Waals surface area contributed by atoms with Crippen LogP contribution in [0.3, 0.4) is 0 Å². The molecule has 3 unspecified atom stereocenters. The third-order valence-electron chi connectivity index (χ3n) is 20.5. The third kappa shape index (κ3) is 6.06. The van der Waals surface area contributed by atoms with Crippen molar-refractivity contribution in [3.8, 4) is 0 Å². The molecule has 3 N–H and O–H groups in total. The Bertz CT molecular complexity index is 1680. The maximum absolute atomic E-state index is 13.7. The third-order valence-corrected chi connectivity index (χ3v) is 22.1. The minimum atomic E-state index is -2.99. The van der Waals surface area contributed by atoms with Gasteiger partial charge < -0.3 is 20.3 Å². The maximum Gasteiger partial charge on any atom is 0.309 e. The molecule has 318 valence electrons. The van der Waals surface area contributed by atoms with Crippen LogP contribution < -0.4 is 5.32 Å². The van der Waals surface area contributed by atoms with Crippen LogP contribution in [-0.2, 0) is 24.2 Å². The standard InChI is InChI=1S/C46H76N2O7S/c1-28(49)33(48-22-24-56(53,54)25-23-48)27-47-46-17-12-29(42(6)18-19-42)37(46)30-10-11-35-43(7)15-14-36(55-39(52)32-26-31(38(50)51)40(32,2)3)41(4,5)34(43)13-16-45(35,9)44(30,8)20-21-46/h28-37,47,49H,10-27H2,1-9H3,(H,50,51)/t28-,29+,30+,31-,32+,33-,34-,35+,36?,37+,43-,44+,45?,46?/m0/s1. The van der Waals surface area contributed by atoms with E-state index in [-0.39, 0.29) is 62.7 Å². The number of hydrogen-bond acceptors (Lipinski definition) is 8. The molecular formula is C46H76N2O7S. The summed E-state index contributed by atoms with van der Waals surface area (Å²) in [6.45, 7) is 22.7. The number of nitrogens with one attached hydrogen (secondary N) is 1. The van der Waals surface area contributed by atoms with Crippen LogP contribution in [-0.4, -0.2) is 90.4 Å². The van der Waals surface area contributed by atoms with Crippen LogP contribution in [0.5, 0.6) is 0 Å². The first kappa shape index (κ1) is 41.5. The number of sulfone groups is 1. The van der Waals surface area contributed by atoms with Gasteiger partial charge in [-0.2, -0.15) is 0 Å². The fourth-order valence-electron chi connectivity index (χ4n) is 16.4. The van der Waals surface area contributed by atoms with Gasteiger partial charge in [-0.25, -0.2) is 8.42 Å². The molecule has 1 heterocycles. The molecule has 0 radical (unpaired) electrons. The summed E-state index contributed by atoms with van der Waals surface area (Å²) < 4.78 is 31.0. The van der Waals surface area contributed by atoms with Crippen molar-refractivity contribution in [3.63, 3.8) is 0 Å². The van der Waals surface area contributed by atoms with Crippen LogP contribution in [0.4, 0.5) is 0 Å². The zero-order valence-corrected chi connectivity index (χ0v) is 37.1. The second kappa shape index (κ2) is 13.4. The van der Waals surface area contributed by atoms with Gasteiger partial charge in [-0.3, -0.25) is 14.5 Å². The van der Waals surface area contributed by atoms with Crippen molar-refractivity contribution in [2.75, 3.05) is 31.1 Å².